The van der Waals surface area contributed by atoms with E-state index in [1.807, 2.05) is 37.2 Å². The molecule has 1 aromatic rings. The molecular weight excluding hydrogens is 310 g/mol. The third kappa shape index (κ3) is 3.20. The number of ether oxygens (including phenoxy) is 1. The van der Waals surface area contributed by atoms with Gasteiger partial charge < -0.3 is 14.5 Å². The van der Waals surface area contributed by atoms with Gasteiger partial charge in [-0.3, -0.25) is 19.3 Å². The molecule has 3 amide bonds. The predicted octanol–water partition coefficient (Wildman–Crippen LogP) is 0.623. The van der Waals surface area contributed by atoms with Gasteiger partial charge in [0.05, 0.1) is 6.54 Å². The summed E-state index contributed by atoms with van der Waals surface area (Å²) in [5.41, 5.74) is 1.95. The summed E-state index contributed by atoms with van der Waals surface area (Å²) in [6.45, 7) is 1.05. The van der Waals surface area contributed by atoms with Crippen LogP contribution in [0.15, 0.2) is 18.2 Å². The zero-order chi connectivity index (χ0) is 17.3. The molecule has 0 spiro atoms. The number of carbonyl (C=O) groups excluding carboxylic acids is 3. The molecule has 0 N–H and O–H groups in total. The molecule has 7 heteroatoms. The van der Waals surface area contributed by atoms with Crippen molar-refractivity contribution < 1.29 is 19.1 Å². The largest absolute Gasteiger partial charge is 0.491 e. The number of likely N-dealkylation sites (tertiary alicyclic amines) is 1. The smallest absolute Gasteiger partial charge is 0.243 e. The zero-order valence-electron chi connectivity index (χ0n) is 13.9. The van der Waals surface area contributed by atoms with Gasteiger partial charge in [0, 0.05) is 44.7 Å². The van der Waals surface area contributed by atoms with Crippen molar-refractivity contribution in [3.8, 4) is 5.75 Å². The Hall–Kier alpha value is -2.57. The number of fused-ring (bicyclic) bond motifs is 1. The van der Waals surface area contributed by atoms with E-state index in [1.165, 1.54) is 0 Å². The third-order valence-electron chi connectivity index (χ3n) is 4.34. The molecule has 3 rings (SSSR count). The molecular formula is C17H21N3O4. The van der Waals surface area contributed by atoms with Crippen molar-refractivity contribution in [3.05, 3.63) is 23.8 Å². The summed E-state index contributed by atoms with van der Waals surface area (Å²) in [4.78, 5) is 40.6. The molecule has 7 nitrogen and oxygen atoms in total. The minimum absolute atomic E-state index is 0.180. The van der Waals surface area contributed by atoms with Gasteiger partial charge >= 0.3 is 0 Å². The molecule has 1 fully saturated rings. The van der Waals surface area contributed by atoms with Gasteiger partial charge in [-0.25, -0.2) is 0 Å². The fraction of sp³-hybridized carbons (Fsp3) is 0.471. The number of amides is 3. The minimum atomic E-state index is -0.269. The van der Waals surface area contributed by atoms with Gasteiger partial charge in [0.2, 0.25) is 17.7 Å². The zero-order valence-corrected chi connectivity index (χ0v) is 13.9. The monoisotopic (exact) mass is 331 g/mol. The third-order valence-corrected chi connectivity index (χ3v) is 4.34. The standard InChI is InChI=1S/C17H21N3O4/c1-18(2)13-3-4-14-12(9-13)10-19(7-8-24-14)17(23)11-20-15(21)5-6-16(20)22/h3-4,9H,5-8,10-11H2,1-2H3. The summed E-state index contributed by atoms with van der Waals surface area (Å²) in [7, 11) is 3.90. The lowest BCUT2D eigenvalue weighted by atomic mass is 10.1. The van der Waals surface area contributed by atoms with Crippen LogP contribution in [0.2, 0.25) is 0 Å². The highest BCUT2D eigenvalue weighted by molar-refractivity contribution is 6.04. The molecule has 1 saturated heterocycles. The van der Waals surface area contributed by atoms with Gasteiger partial charge in [0.25, 0.3) is 0 Å². The van der Waals surface area contributed by atoms with Crippen LogP contribution in [0.25, 0.3) is 0 Å². The Labute approximate surface area is 140 Å². The first-order chi connectivity index (χ1) is 11.5. The minimum Gasteiger partial charge on any atom is -0.491 e. The second-order valence-corrected chi connectivity index (χ2v) is 6.22. The van der Waals surface area contributed by atoms with Crippen molar-refractivity contribution in [2.75, 3.05) is 38.7 Å². The van der Waals surface area contributed by atoms with Crippen LogP contribution in [0.4, 0.5) is 5.69 Å². The van der Waals surface area contributed by atoms with Crippen LogP contribution in [0.1, 0.15) is 18.4 Å². The lowest BCUT2D eigenvalue weighted by Gasteiger charge is -2.23. The first-order valence-electron chi connectivity index (χ1n) is 7.99. The van der Waals surface area contributed by atoms with Crippen molar-refractivity contribution in [1.29, 1.82) is 0 Å². The fourth-order valence-corrected chi connectivity index (χ4v) is 2.91. The SMILES string of the molecule is CN(C)c1ccc2c(c1)CN(C(=O)CN1C(=O)CCC1=O)CCO2. The first kappa shape index (κ1) is 16.3. The lowest BCUT2D eigenvalue weighted by molar-refractivity contribution is -0.145. The van der Waals surface area contributed by atoms with E-state index in [9.17, 15) is 14.4 Å². The number of benzene rings is 1. The Kier molecular flexibility index (Phi) is 4.42. The summed E-state index contributed by atoms with van der Waals surface area (Å²) in [6.07, 6.45) is 0.397. The van der Waals surface area contributed by atoms with E-state index >= 15 is 0 Å². The summed E-state index contributed by atoms with van der Waals surface area (Å²) < 4.78 is 5.72. The van der Waals surface area contributed by atoms with Crippen LogP contribution in [0, 0.1) is 0 Å². The highest BCUT2D eigenvalue weighted by Crippen LogP contribution is 2.27. The summed E-state index contributed by atoms with van der Waals surface area (Å²) in [6, 6.07) is 5.87. The quantitative estimate of drug-likeness (QED) is 0.760. The number of carbonyl (C=O) groups is 3. The number of rotatable bonds is 3. The maximum absolute atomic E-state index is 12.5. The normalized spacial score (nSPS) is 17.4. The molecule has 2 heterocycles. The maximum atomic E-state index is 12.5. The van der Waals surface area contributed by atoms with Crippen molar-refractivity contribution in [3.63, 3.8) is 0 Å². The Morgan fingerprint density at radius 1 is 1.21 bits per heavy atom. The van der Waals surface area contributed by atoms with Crippen molar-refractivity contribution in [1.82, 2.24) is 9.80 Å². The average molecular weight is 331 g/mol. The fourth-order valence-electron chi connectivity index (χ4n) is 2.91. The van der Waals surface area contributed by atoms with Gasteiger partial charge in [0.1, 0.15) is 18.9 Å². The van der Waals surface area contributed by atoms with E-state index in [2.05, 4.69) is 0 Å². The highest BCUT2D eigenvalue weighted by atomic mass is 16.5. The number of hydrogen-bond donors (Lipinski definition) is 0. The van der Waals surface area contributed by atoms with E-state index in [0.29, 0.717) is 19.7 Å². The number of nitrogens with zero attached hydrogens (tertiary/aromatic N) is 3. The second kappa shape index (κ2) is 6.51. The van der Waals surface area contributed by atoms with Gasteiger partial charge in [0.15, 0.2) is 0 Å². The topological polar surface area (TPSA) is 70.2 Å². The van der Waals surface area contributed by atoms with Crippen LogP contribution >= 0.6 is 0 Å². The van der Waals surface area contributed by atoms with E-state index in [1.54, 1.807) is 4.90 Å². The van der Waals surface area contributed by atoms with Gasteiger partial charge in [-0.1, -0.05) is 0 Å². The maximum Gasteiger partial charge on any atom is 0.243 e. The lowest BCUT2D eigenvalue weighted by Crippen LogP contribution is -2.42. The molecule has 0 unspecified atom stereocenters. The van der Waals surface area contributed by atoms with Crippen LogP contribution in [-0.2, 0) is 20.9 Å². The molecule has 2 aliphatic rings. The number of imide groups is 1. The Balaban J connectivity index is 1.75. The highest BCUT2D eigenvalue weighted by Gasteiger charge is 2.32. The summed E-state index contributed by atoms with van der Waals surface area (Å²) >= 11 is 0. The van der Waals surface area contributed by atoms with Gasteiger partial charge in [-0.05, 0) is 18.2 Å². The summed E-state index contributed by atoms with van der Waals surface area (Å²) in [5, 5.41) is 0. The molecule has 128 valence electrons. The van der Waals surface area contributed by atoms with Crippen LogP contribution < -0.4 is 9.64 Å². The molecule has 0 aromatic heterocycles. The van der Waals surface area contributed by atoms with E-state index < -0.39 is 0 Å². The molecule has 24 heavy (non-hydrogen) atoms. The molecule has 0 saturated carbocycles. The predicted molar refractivity (Wildman–Crippen MR) is 87.6 cm³/mol. The molecule has 1 aromatic carbocycles. The Morgan fingerprint density at radius 3 is 2.58 bits per heavy atom. The second-order valence-electron chi connectivity index (χ2n) is 6.22. The van der Waals surface area contributed by atoms with Gasteiger partial charge in [-0.2, -0.15) is 0 Å². The van der Waals surface area contributed by atoms with Crippen molar-refractivity contribution in [2.45, 2.75) is 19.4 Å². The van der Waals surface area contributed by atoms with E-state index in [0.717, 1.165) is 21.9 Å². The number of anilines is 1. The average Bonchev–Trinajstić information content (AvgIpc) is 2.77. The molecule has 0 atom stereocenters. The van der Waals surface area contributed by atoms with Crippen molar-refractivity contribution >= 4 is 23.4 Å². The molecule has 0 radical (unpaired) electrons. The summed E-state index contributed by atoms with van der Waals surface area (Å²) in [5.74, 6) is -0.000960. The molecule has 0 bridgehead atoms. The van der Waals surface area contributed by atoms with Gasteiger partial charge in [-0.15, -0.1) is 0 Å². The first-order valence-corrected chi connectivity index (χ1v) is 7.99. The molecule has 0 aliphatic carbocycles. The van der Waals surface area contributed by atoms with E-state index in [4.69, 9.17) is 4.74 Å². The number of hydrogen-bond acceptors (Lipinski definition) is 5. The Morgan fingerprint density at radius 2 is 1.92 bits per heavy atom. The van der Waals surface area contributed by atoms with Crippen LogP contribution in [0.3, 0.4) is 0 Å². The van der Waals surface area contributed by atoms with Crippen LogP contribution in [-0.4, -0.2) is 61.3 Å². The van der Waals surface area contributed by atoms with Crippen LogP contribution in [0.5, 0.6) is 5.75 Å². The van der Waals surface area contributed by atoms with E-state index in [-0.39, 0.29) is 37.1 Å². The van der Waals surface area contributed by atoms with Crippen molar-refractivity contribution in [2.24, 2.45) is 0 Å². The molecule has 2 aliphatic heterocycles. The Bertz CT molecular complexity index is 670.